The number of fused-ring (bicyclic) bond motifs is 1. The molecule has 7 heterocycles. The van der Waals surface area contributed by atoms with E-state index in [2.05, 4.69) is 41.2 Å². The van der Waals surface area contributed by atoms with E-state index in [0.717, 1.165) is 42.6 Å². The average Bonchev–Trinajstić information content (AvgIpc) is 3.13. The fraction of sp³-hybridized carbons (Fsp3) is 0.405. The molecule has 0 fully saturated rings. The van der Waals surface area contributed by atoms with E-state index in [1.54, 1.807) is 28.4 Å². The topological polar surface area (TPSA) is 82.2 Å². The van der Waals surface area contributed by atoms with Crippen LogP contribution in [0.25, 0.3) is 0 Å². The van der Waals surface area contributed by atoms with Crippen LogP contribution in [0.15, 0.2) is 60.7 Å². The van der Waals surface area contributed by atoms with Crippen LogP contribution in [0.1, 0.15) is 54.6 Å². The molecule has 4 aromatic carbocycles. The van der Waals surface area contributed by atoms with E-state index in [1.165, 1.54) is 16.7 Å². The van der Waals surface area contributed by atoms with E-state index >= 15 is 0 Å². The third-order valence-corrected chi connectivity index (χ3v) is 10.4. The molecule has 0 N–H and O–H groups in total. The Balaban J connectivity index is 1.38. The maximum Gasteiger partial charge on any atom is 0.246 e. The molecule has 0 aliphatic carbocycles. The number of hydrogen-bond acceptors (Lipinski definition) is 9. The van der Waals surface area contributed by atoms with Gasteiger partial charge in [-0.2, -0.15) is 0 Å². The maximum atomic E-state index is 14.2. The van der Waals surface area contributed by atoms with Gasteiger partial charge in [0.2, 0.25) is 11.7 Å². The number of hydrazine groups is 1. The van der Waals surface area contributed by atoms with Crippen molar-refractivity contribution in [3.63, 3.8) is 0 Å². The number of amides is 1. The van der Waals surface area contributed by atoms with Crippen molar-refractivity contribution in [2.75, 3.05) is 60.1 Å². The Hall–Kier alpha value is -4.93. The molecule has 11 rings (SSSR count). The number of ether oxygens (including phenoxy) is 6. The van der Waals surface area contributed by atoms with Gasteiger partial charge >= 0.3 is 0 Å². The maximum absolute atomic E-state index is 14.2. The molecule has 4 aromatic rings. The third-order valence-electron chi connectivity index (χ3n) is 10.4. The van der Waals surface area contributed by atoms with E-state index in [1.807, 2.05) is 62.2 Å². The Kier molecular flexibility index (Phi) is 9.71. The quantitative estimate of drug-likeness (QED) is 0.211. The van der Waals surface area contributed by atoms with E-state index < -0.39 is 5.41 Å². The lowest BCUT2D eigenvalue weighted by Crippen LogP contribution is -2.54. The van der Waals surface area contributed by atoms with Crippen molar-refractivity contribution in [1.82, 2.24) is 9.91 Å². The lowest BCUT2D eigenvalue weighted by Gasteiger charge is -2.42. The molecule has 7 aliphatic rings. The Bertz CT molecular complexity index is 1970. The van der Waals surface area contributed by atoms with Gasteiger partial charge in [0.1, 0.15) is 5.75 Å². The SMILES string of the molecule is COc1cc2c3cc1Oc1ccc(cc1)C[C@H]1c4cc(c(OC)cc4CCN1C)Oc1cc(cc(OC)c1OC)CCN(CC3)N2C(=O)C(C)(C)C. The zero-order valence-corrected chi connectivity index (χ0v) is 31.5. The van der Waals surface area contributed by atoms with Crippen LogP contribution in [0.4, 0.5) is 5.69 Å². The first kappa shape index (κ1) is 35.5. The van der Waals surface area contributed by atoms with Gasteiger partial charge < -0.3 is 28.4 Å². The van der Waals surface area contributed by atoms with Crippen LogP contribution in [0.5, 0.6) is 46.0 Å². The molecule has 10 bridgehead atoms. The largest absolute Gasteiger partial charge is 0.493 e. The van der Waals surface area contributed by atoms with E-state index in [0.29, 0.717) is 65.5 Å². The monoisotopic (exact) mass is 707 g/mol. The predicted octanol–water partition coefficient (Wildman–Crippen LogP) is 7.79. The Morgan fingerprint density at radius 2 is 1.37 bits per heavy atom. The van der Waals surface area contributed by atoms with Crippen LogP contribution in [0.2, 0.25) is 0 Å². The first-order chi connectivity index (χ1) is 25.0. The van der Waals surface area contributed by atoms with Gasteiger partial charge in [-0.25, -0.2) is 10.0 Å². The number of nitrogens with zero attached hydrogens (tertiary/aromatic N) is 3. The predicted molar refractivity (Wildman–Crippen MR) is 201 cm³/mol. The number of anilines is 1. The summed E-state index contributed by atoms with van der Waals surface area (Å²) in [7, 11) is 8.73. The molecule has 10 nitrogen and oxygen atoms in total. The molecule has 2 atom stereocenters. The molecule has 274 valence electrons. The summed E-state index contributed by atoms with van der Waals surface area (Å²) in [6, 6.07) is 20.5. The summed E-state index contributed by atoms with van der Waals surface area (Å²) in [4.78, 5) is 16.6. The third kappa shape index (κ3) is 6.73. The summed E-state index contributed by atoms with van der Waals surface area (Å²) in [6.45, 7) is 7.99. The minimum absolute atomic E-state index is 0.00555. The summed E-state index contributed by atoms with van der Waals surface area (Å²) in [6.07, 6.45) is 3.06. The summed E-state index contributed by atoms with van der Waals surface area (Å²) in [5.74, 6) is 4.74. The van der Waals surface area contributed by atoms with Crippen LogP contribution in [0.3, 0.4) is 0 Å². The number of rotatable bonds is 4. The number of hydrogen-bond donors (Lipinski definition) is 0. The van der Waals surface area contributed by atoms with Gasteiger partial charge in [-0.3, -0.25) is 9.69 Å². The fourth-order valence-corrected chi connectivity index (χ4v) is 7.46. The second kappa shape index (κ2) is 14.2. The first-order valence-electron chi connectivity index (χ1n) is 17.9. The molecular formula is C42H49N3O7. The summed E-state index contributed by atoms with van der Waals surface area (Å²) in [5, 5.41) is 3.95. The van der Waals surface area contributed by atoms with Gasteiger partial charge in [-0.15, -0.1) is 0 Å². The number of carbonyl (C=O) groups excluding carboxylic acids is 1. The van der Waals surface area contributed by atoms with Crippen LogP contribution in [-0.2, 0) is 30.5 Å². The molecule has 0 spiro atoms. The van der Waals surface area contributed by atoms with E-state index in [-0.39, 0.29) is 11.9 Å². The van der Waals surface area contributed by atoms with Gasteiger partial charge in [0, 0.05) is 37.2 Å². The van der Waals surface area contributed by atoms with Crippen molar-refractivity contribution in [1.29, 1.82) is 0 Å². The molecule has 0 saturated carbocycles. The molecule has 0 radical (unpaired) electrons. The van der Waals surface area contributed by atoms with Crippen LogP contribution >= 0.6 is 0 Å². The standard InChI is InChI=1S/C42H49N3O7/c1-42(2,3)41(46)45-32-25-35(48-6)36-23-29(32)15-18-44(45)17-13-27-20-38(49-7)40(50-8)39(21-27)52-37-24-31-28(22-34(37)47-5)14-16-43(4)33(31)19-26-9-11-30(51-36)12-10-26/h9-12,20-25,33H,13-19H2,1-8H3/t33-/m0/s1. The molecule has 52 heavy (non-hydrogen) atoms. The van der Waals surface area contributed by atoms with Crippen molar-refractivity contribution < 1.29 is 33.2 Å². The fourth-order valence-electron chi connectivity index (χ4n) is 7.46. The molecule has 0 aromatic heterocycles. The van der Waals surface area contributed by atoms with Crippen molar-refractivity contribution in [3.8, 4) is 46.0 Å². The summed E-state index contributed by atoms with van der Waals surface area (Å²) < 4.78 is 36.7. The molecule has 1 amide bonds. The highest BCUT2D eigenvalue weighted by molar-refractivity contribution is 5.97. The zero-order valence-electron chi connectivity index (χ0n) is 31.5. The van der Waals surface area contributed by atoms with Crippen molar-refractivity contribution in [3.05, 3.63) is 88.5 Å². The Morgan fingerprint density at radius 3 is 2.06 bits per heavy atom. The molecule has 1 unspecified atom stereocenters. The normalized spacial score (nSPS) is 18.5. The highest BCUT2D eigenvalue weighted by Crippen LogP contribution is 2.46. The molecular weight excluding hydrogens is 658 g/mol. The van der Waals surface area contributed by atoms with Gasteiger partial charge in [-0.1, -0.05) is 32.9 Å². The number of benzene rings is 4. The first-order valence-corrected chi connectivity index (χ1v) is 17.9. The van der Waals surface area contributed by atoms with E-state index in [9.17, 15) is 4.79 Å². The highest BCUT2D eigenvalue weighted by atomic mass is 16.5. The van der Waals surface area contributed by atoms with E-state index in [4.69, 9.17) is 28.4 Å². The second-order valence-corrected chi connectivity index (χ2v) is 14.8. The average molecular weight is 708 g/mol. The lowest BCUT2D eigenvalue weighted by molar-refractivity contribution is -0.129. The van der Waals surface area contributed by atoms with Gasteiger partial charge in [0.05, 0.1) is 34.1 Å². The van der Waals surface area contributed by atoms with Crippen molar-refractivity contribution >= 4 is 11.6 Å². The number of methoxy groups -OCH3 is 4. The number of likely N-dealkylation sites (N-methyl/N-ethyl adjacent to an activating group) is 1. The zero-order chi connectivity index (χ0) is 36.7. The molecule has 0 saturated heterocycles. The minimum atomic E-state index is -0.631. The van der Waals surface area contributed by atoms with Gasteiger partial charge in [0.25, 0.3) is 0 Å². The van der Waals surface area contributed by atoms with Crippen LogP contribution in [-0.4, -0.2) is 70.9 Å². The second-order valence-electron chi connectivity index (χ2n) is 14.8. The van der Waals surface area contributed by atoms with Crippen LogP contribution in [0, 0.1) is 5.41 Å². The minimum Gasteiger partial charge on any atom is -0.493 e. The molecule has 10 heteroatoms. The molecule has 7 aliphatic heterocycles. The van der Waals surface area contributed by atoms with Crippen molar-refractivity contribution in [2.45, 2.75) is 52.5 Å². The summed E-state index contributed by atoms with van der Waals surface area (Å²) >= 11 is 0. The van der Waals surface area contributed by atoms with Crippen molar-refractivity contribution in [2.24, 2.45) is 5.41 Å². The smallest absolute Gasteiger partial charge is 0.246 e. The Labute approximate surface area is 306 Å². The summed E-state index contributed by atoms with van der Waals surface area (Å²) in [5.41, 5.74) is 5.80. The van der Waals surface area contributed by atoms with Crippen LogP contribution < -0.4 is 33.4 Å². The Morgan fingerprint density at radius 1 is 0.692 bits per heavy atom. The lowest BCUT2D eigenvalue weighted by atomic mass is 9.88. The highest BCUT2D eigenvalue weighted by Gasteiger charge is 2.37. The van der Waals surface area contributed by atoms with Gasteiger partial charge in [0.15, 0.2) is 34.5 Å². The van der Waals surface area contributed by atoms with Gasteiger partial charge in [-0.05, 0) is 103 Å². The number of carbonyl (C=O) groups is 1.